The van der Waals surface area contributed by atoms with Crippen LogP contribution < -0.4 is 10.6 Å². The predicted molar refractivity (Wildman–Crippen MR) is 118 cm³/mol. The van der Waals surface area contributed by atoms with Gasteiger partial charge in [0.15, 0.2) is 5.96 Å². The van der Waals surface area contributed by atoms with Crippen molar-refractivity contribution in [1.29, 1.82) is 0 Å². The van der Waals surface area contributed by atoms with Gasteiger partial charge in [0, 0.05) is 31.3 Å². The van der Waals surface area contributed by atoms with E-state index in [1.165, 1.54) is 12.1 Å². The third kappa shape index (κ3) is 9.92. The Kier molecular flexibility index (Phi) is 10.6. The van der Waals surface area contributed by atoms with Crippen LogP contribution in [0.1, 0.15) is 26.3 Å². The number of likely N-dealkylation sites (N-methyl/N-ethyl adjacent to an activating group) is 1. The average Bonchev–Trinajstić information content (AvgIpc) is 2.53. The first-order valence-electron chi connectivity index (χ1n) is 8.27. The number of nitro benzene ring substituents is 1. The van der Waals surface area contributed by atoms with E-state index < -0.39 is 4.92 Å². The fraction of sp³-hybridized carbons (Fsp3) is 0.444. The number of halogens is 1. The minimum absolute atomic E-state index is 0. The number of aliphatic imine (C=N–C) groups is 1. The Balaban J connectivity index is 0.00000676. The van der Waals surface area contributed by atoms with Gasteiger partial charge < -0.3 is 15.5 Å². The van der Waals surface area contributed by atoms with Crippen LogP contribution in [0.4, 0.5) is 5.69 Å². The molecule has 1 rings (SSSR count). The summed E-state index contributed by atoms with van der Waals surface area (Å²) in [7, 11) is 1.77. The number of hydrogen-bond donors (Lipinski definition) is 2. The molecule has 1 aromatic carbocycles. The van der Waals surface area contributed by atoms with Gasteiger partial charge in [0.1, 0.15) is 0 Å². The van der Waals surface area contributed by atoms with Crippen molar-refractivity contribution >= 4 is 41.5 Å². The monoisotopic (exact) mass is 489 g/mol. The lowest BCUT2D eigenvalue weighted by atomic mass is 10.1. The molecule has 27 heavy (non-hydrogen) atoms. The predicted octanol–water partition coefficient (Wildman–Crippen LogP) is 2.69. The zero-order chi connectivity index (χ0) is 19.7. The van der Waals surface area contributed by atoms with Crippen molar-refractivity contribution in [2.24, 2.45) is 4.99 Å². The third-order valence-electron chi connectivity index (χ3n) is 3.22. The SMILES string of the molecule is C=CCNC(=NCc1ccc([N+](=O)[O-])cc1)N(C)CC(=O)NC(C)(C)C.I. The second-order valence-corrected chi connectivity index (χ2v) is 6.89. The molecule has 0 saturated heterocycles. The molecule has 0 fully saturated rings. The van der Waals surface area contributed by atoms with E-state index in [2.05, 4.69) is 22.2 Å². The number of nitrogens with zero attached hydrogens (tertiary/aromatic N) is 3. The van der Waals surface area contributed by atoms with Gasteiger partial charge in [0.2, 0.25) is 5.91 Å². The maximum atomic E-state index is 12.1. The van der Waals surface area contributed by atoms with Crippen LogP contribution >= 0.6 is 24.0 Å². The number of rotatable bonds is 7. The van der Waals surface area contributed by atoms with E-state index in [9.17, 15) is 14.9 Å². The summed E-state index contributed by atoms with van der Waals surface area (Å²) in [5.41, 5.74) is 0.572. The van der Waals surface area contributed by atoms with Crippen molar-refractivity contribution in [2.45, 2.75) is 32.9 Å². The molecule has 0 radical (unpaired) electrons. The Labute approximate surface area is 177 Å². The Bertz CT molecular complexity index is 669. The van der Waals surface area contributed by atoms with Gasteiger partial charge in [0.05, 0.1) is 18.0 Å². The quantitative estimate of drug-likeness (QED) is 0.153. The molecule has 2 N–H and O–H groups in total. The van der Waals surface area contributed by atoms with Crippen molar-refractivity contribution in [3.8, 4) is 0 Å². The van der Waals surface area contributed by atoms with Crippen molar-refractivity contribution in [1.82, 2.24) is 15.5 Å². The zero-order valence-corrected chi connectivity index (χ0v) is 18.5. The normalized spacial score (nSPS) is 11.2. The van der Waals surface area contributed by atoms with Gasteiger partial charge in [-0.25, -0.2) is 4.99 Å². The molecule has 0 aliphatic rings. The van der Waals surface area contributed by atoms with E-state index in [0.717, 1.165) is 5.56 Å². The second-order valence-electron chi connectivity index (χ2n) is 6.89. The molecule has 0 aromatic heterocycles. The average molecular weight is 489 g/mol. The van der Waals surface area contributed by atoms with Gasteiger partial charge in [-0.15, -0.1) is 30.6 Å². The first-order valence-corrected chi connectivity index (χ1v) is 8.27. The highest BCUT2D eigenvalue weighted by Crippen LogP contribution is 2.12. The molecule has 0 atom stereocenters. The summed E-state index contributed by atoms with van der Waals surface area (Å²) in [6.07, 6.45) is 1.70. The lowest BCUT2D eigenvalue weighted by molar-refractivity contribution is -0.384. The van der Waals surface area contributed by atoms with Crippen LogP contribution in [-0.2, 0) is 11.3 Å². The largest absolute Gasteiger partial charge is 0.353 e. The molecule has 9 heteroatoms. The van der Waals surface area contributed by atoms with Crippen LogP contribution in [0.3, 0.4) is 0 Å². The van der Waals surface area contributed by atoms with Crippen LogP contribution in [0.2, 0.25) is 0 Å². The molecular weight excluding hydrogens is 461 g/mol. The summed E-state index contributed by atoms with van der Waals surface area (Å²) in [4.78, 5) is 28.6. The van der Waals surface area contributed by atoms with Gasteiger partial charge in [-0.1, -0.05) is 18.2 Å². The minimum Gasteiger partial charge on any atom is -0.353 e. The molecule has 0 spiro atoms. The fourth-order valence-electron chi connectivity index (χ4n) is 2.11. The standard InChI is InChI=1S/C18H27N5O3.HI/c1-6-11-19-17(22(5)13-16(24)21-18(2,3)4)20-12-14-7-9-15(10-8-14)23(25)26;/h6-10H,1,11-13H2,2-5H3,(H,19,20)(H,21,24);1H. The van der Waals surface area contributed by atoms with E-state index in [1.807, 2.05) is 20.8 Å². The van der Waals surface area contributed by atoms with Crippen LogP contribution in [0.25, 0.3) is 0 Å². The Morgan fingerprint density at radius 3 is 2.41 bits per heavy atom. The number of nitrogens with one attached hydrogen (secondary N) is 2. The minimum atomic E-state index is -0.439. The first kappa shape index (κ1) is 24.8. The summed E-state index contributed by atoms with van der Waals surface area (Å²) in [5.74, 6) is 0.441. The van der Waals surface area contributed by atoms with Gasteiger partial charge in [-0.05, 0) is 26.3 Å². The van der Waals surface area contributed by atoms with Gasteiger partial charge in [0.25, 0.3) is 5.69 Å². The van der Waals surface area contributed by atoms with E-state index in [1.54, 1.807) is 30.2 Å². The summed E-state index contributed by atoms with van der Waals surface area (Å²) in [6.45, 7) is 10.4. The lowest BCUT2D eigenvalue weighted by Crippen LogP contribution is -2.48. The molecule has 0 bridgehead atoms. The number of carbonyl (C=O) groups is 1. The van der Waals surface area contributed by atoms with Crippen LogP contribution in [-0.4, -0.2) is 47.4 Å². The number of carbonyl (C=O) groups excluding carboxylic acids is 1. The third-order valence-corrected chi connectivity index (χ3v) is 3.22. The maximum absolute atomic E-state index is 12.1. The molecule has 0 aliphatic heterocycles. The first-order chi connectivity index (χ1) is 12.1. The van der Waals surface area contributed by atoms with Crippen LogP contribution in [0.5, 0.6) is 0 Å². The fourth-order valence-corrected chi connectivity index (χ4v) is 2.11. The summed E-state index contributed by atoms with van der Waals surface area (Å²) in [6, 6.07) is 6.22. The van der Waals surface area contributed by atoms with Crippen LogP contribution in [0, 0.1) is 10.1 Å². The van der Waals surface area contributed by atoms with Crippen LogP contribution in [0.15, 0.2) is 41.9 Å². The highest BCUT2D eigenvalue weighted by atomic mass is 127. The number of hydrogen-bond acceptors (Lipinski definition) is 4. The van der Waals surface area contributed by atoms with Crippen molar-refractivity contribution in [3.05, 3.63) is 52.6 Å². The number of nitro groups is 1. The van der Waals surface area contributed by atoms with Gasteiger partial charge >= 0.3 is 0 Å². The number of guanidine groups is 1. The van der Waals surface area contributed by atoms with Crippen molar-refractivity contribution in [3.63, 3.8) is 0 Å². The van der Waals surface area contributed by atoms with E-state index >= 15 is 0 Å². The summed E-state index contributed by atoms with van der Waals surface area (Å²) >= 11 is 0. The molecule has 0 saturated carbocycles. The summed E-state index contributed by atoms with van der Waals surface area (Å²) in [5, 5.41) is 16.7. The molecule has 0 aliphatic carbocycles. The Morgan fingerprint density at radius 1 is 1.33 bits per heavy atom. The smallest absolute Gasteiger partial charge is 0.269 e. The lowest BCUT2D eigenvalue weighted by Gasteiger charge is -2.25. The van der Waals surface area contributed by atoms with E-state index in [4.69, 9.17) is 0 Å². The van der Waals surface area contributed by atoms with Crippen molar-refractivity contribution in [2.75, 3.05) is 20.1 Å². The summed E-state index contributed by atoms with van der Waals surface area (Å²) < 4.78 is 0. The molecule has 1 amide bonds. The number of amides is 1. The molecule has 0 unspecified atom stereocenters. The van der Waals surface area contributed by atoms with E-state index in [-0.39, 0.29) is 47.7 Å². The van der Waals surface area contributed by atoms with Gasteiger partial charge in [-0.2, -0.15) is 0 Å². The Morgan fingerprint density at radius 2 is 1.93 bits per heavy atom. The zero-order valence-electron chi connectivity index (χ0n) is 16.2. The molecule has 8 nitrogen and oxygen atoms in total. The van der Waals surface area contributed by atoms with Crippen molar-refractivity contribution < 1.29 is 9.72 Å². The molecular formula is C18H28IN5O3. The van der Waals surface area contributed by atoms with Gasteiger partial charge in [-0.3, -0.25) is 14.9 Å². The second kappa shape index (κ2) is 11.5. The number of benzene rings is 1. The molecule has 150 valence electrons. The molecule has 1 aromatic rings. The highest BCUT2D eigenvalue weighted by molar-refractivity contribution is 14.0. The number of non-ortho nitro benzene ring substituents is 1. The Hall–Kier alpha value is -2.17. The maximum Gasteiger partial charge on any atom is 0.269 e. The van der Waals surface area contributed by atoms with E-state index in [0.29, 0.717) is 19.0 Å². The molecule has 0 heterocycles. The highest BCUT2D eigenvalue weighted by Gasteiger charge is 2.16. The topological polar surface area (TPSA) is 99.9 Å².